The number of carbonyl (C=O) groups is 1. The molecule has 0 aliphatic rings. The van der Waals surface area contributed by atoms with E-state index in [2.05, 4.69) is 0 Å². The van der Waals surface area contributed by atoms with Gasteiger partial charge in [-0.05, 0) is 12.5 Å². The molecule has 4 heteroatoms. The first kappa shape index (κ1) is 11.8. The molecule has 82 valence electrons. The van der Waals surface area contributed by atoms with E-state index in [9.17, 15) is 4.79 Å². The number of esters is 1. The van der Waals surface area contributed by atoms with Crippen LogP contribution in [0.4, 0.5) is 0 Å². The van der Waals surface area contributed by atoms with E-state index < -0.39 is 5.97 Å². The number of hydrogen-bond donors (Lipinski definition) is 1. The summed E-state index contributed by atoms with van der Waals surface area (Å²) in [5.41, 5.74) is 0.458. The number of nitrogens with zero attached hydrogens (tertiary/aromatic N) is 1. The highest BCUT2D eigenvalue weighted by atomic mass is 16.5. The van der Waals surface area contributed by atoms with Crippen LogP contribution in [0.2, 0.25) is 0 Å². The molecule has 0 atom stereocenters. The van der Waals surface area contributed by atoms with E-state index in [1.807, 2.05) is 18.2 Å². The Bertz CT molecular complexity index is 439. The minimum atomic E-state index is -0.814. The molecule has 0 spiro atoms. The van der Waals surface area contributed by atoms with Crippen LogP contribution in [0, 0.1) is 11.3 Å². The van der Waals surface area contributed by atoms with Crippen molar-refractivity contribution in [3.63, 3.8) is 0 Å². The highest BCUT2D eigenvalue weighted by Gasteiger charge is 2.13. The largest absolute Gasteiger partial charge is 0.511 e. The van der Waals surface area contributed by atoms with Crippen LogP contribution in [0.15, 0.2) is 41.7 Å². The molecule has 0 aromatic heterocycles. The molecule has 1 aromatic carbocycles. The highest BCUT2D eigenvalue weighted by molar-refractivity contribution is 5.93. The summed E-state index contributed by atoms with van der Waals surface area (Å²) in [6.45, 7) is 1.35. The van der Waals surface area contributed by atoms with Crippen molar-refractivity contribution in [2.45, 2.75) is 13.5 Å². The fourth-order valence-electron chi connectivity index (χ4n) is 1.07. The Hall–Kier alpha value is -2.28. The van der Waals surface area contributed by atoms with Crippen LogP contribution < -0.4 is 0 Å². The Morgan fingerprint density at radius 2 is 2.06 bits per heavy atom. The van der Waals surface area contributed by atoms with E-state index in [1.165, 1.54) is 6.92 Å². The lowest BCUT2D eigenvalue weighted by Crippen LogP contribution is -2.08. The zero-order valence-electron chi connectivity index (χ0n) is 8.80. The minimum Gasteiger partial charge on any atom is -0.511 e. The molecule has 16 heavy (non-hydrogen) atoms. The first-order valence-corrected chi connectivity index (χ1v) is 4.66. The molecule has 1 aromatic rings. The topological polar surface area (TPSA) is 70.3 Å². The van der Waals surface area contributed by atoms with E-state index >= 15 is 0 Å². The third kappa shape index (κ3) is 3.14. The third-order valence-electron chi connectivity index (χ3n) is 1.89. The second kappa shape index (κ2) is 5.56. The SMILES string of the molecule is C/C(O)=C(\C#N)C(=O)OCc1ccccc1. The summed E-state index contributed by atoms with van der Waals surface area (Å²) >= 11 is 0. The van der Waals surface area contributed by atoms with Gasteiger partial charge in [-0.25, -0.2) is 4.79 Å². The maximum atomic E-state index is 11.3. The fraction of sp³-hybridized carbons (Fsp3) is 0.167. The van der Waals surface area contributed by atoms with Crippen LogP contribution in [0.3, 0.4) is 0 Å². The van der Waals surface area contributed by atoms with Crippen molar-refractivity contribution in [1.29, 1.82) is 5.26 Å². The van der Waals surface area contributed by atoms with Gasteiger partial charge < -0.3 is 9.84 Å². The Morgan fingerprint density at radius 1 is 1.44 bits per heavy atom. The van der Waals surface area contributed by atoms with Gasteiger partial charge >= 0.3 is 5.97 Å². The summed E-state index contributed by atoms with van der Waals surface area (Å²) in [5.74, 6) is -1.15. The van der Waals surface area contributed by atoms with E-state index in [0.29, 0.717) is 0 Å². The summed E-state index contributed by atoms with van der Waals surface area (Å²) < 4.78 is 4.86. The number of carbonyl (C=O) groups excluding carboxylic acids is 1. The van der Waals surface area contributed by atoms with Gasteiger partial charge in [0.1, 0.15) is 18.4 Å². The summed E-state index contributed by atoms with van der Waals surface area (Å²) in [5, 5.41) is 17.6. The number of aliphatic hydroxyl groups excluding tert-OH is 1. The van der Waals surface area contributed by atoms with Crippen molar-refractivity contribution in [2.75, 3.05) is 0 Å². The zero-order chi connectivity index (χ0) is 12.0. The zero-order valence-corrected chi connectivity index (χ0v) is 8.80. The Balaban J connectivity index is 2.61. The number of aliphatic hydroxyl groups is 1. The minimum absolute atomic E-state index is 0.0815. The monoisotopic (exact) mass is 217 g/mol. The van der Waals surface area contributed by atoms with Crippen LogP contribution in [-0.4, -0.2) is 11.1 Å². The number of allylic oxidation sites excluding steroid dienone is 1. The van der Waals surface area contributed by atoms with Gasteiger partial charge in [0.15, 0.2) is 5.57 Å². The predicted molar refractivity (Wildman–Crippen MR) is 57.2 cm³/mol. The highest BCUT2D eigenvalue weighted by Crippen LogP contribution is 2.06. The van der Waals surface area contributed by atoms with Crippen LogP contribution >= 0.6 is 0 Å². The van der Waals surface area contributed by atoms with Gasteiger partial charge in [-0.2, -0.15) is 5.26 Å². The van der Waals surface area contributed by atoms with Crippen molar-refractivity contribution < 1.29 is 14.6 Å². The fourth-order valence-corrected chi connectivity index (χ4v) is 1.07. The molecule has 1 N–H and O–H groups in total. The van der Waals surface area contributed by atoms with Gasteiger partial charge in [0.2, 0.25) is 0 Å². The Kier molecular flexibility index (Phi) is 4.10. The van der Waals surface area contributed by atoms with Gasteiger partial charge in [-0.3, -0.25) is 0 Å². The molecule has 0 saturated heterocycles. The second-order valence-corrected chi connectivity index (χ2v) is 3.13. The molecule has 0 amide bonds. The number of ether oxygens (including phenoxy) is 1. The summed E-state index contributed by atoms with van der Waals surface area (Å²) in [7, 11) is 0. The molecule has 0 radical (unpaired) electrons. The Labute approximate surface area is 93.4 Å². The lowest BCUT2D eigenvalue weighted by Gasteiger charge is -2.03. The summed E-state index contributed by atoms with van der Waals surface area (Å²) in [4.78, 5) is 11.3. The molecule has 4 nitrogen and oxygen atoms in total. The molecule has 0 heterocycles. The van der Waals surface area contributed by atoms with Crippen molar-refractivity contribution in [3.8, 4) is 6.07 Å². The van der Waals surface area contributed by atoms with Gasteiger partial charge in [0, 0.05) is 0 Å². The molecule has 1 rings (SSSR count). The van der Waals surface area contributed by atoms with Gasteiger partial charge in [0.25, 0.3) is 0 Å². The van der Waals surface area contributed by atoms with E-state index in [-0.39, 0.29) is 17.9 Å². The lowest BCUT2D eigenvalue weighted by atomic mass is 10.2. The number of benzene rings is 1. The molecule has 0 bridgehead atoms. The van der Waals surface area contributed by atoms with Crippen molar-refractivity contribution in [1.82, 2.24) is 0 Å². The molecule has 0 aliphatic heterocycles. The lowest BCUT2D eigenvalue weighted by molar-refractivity contribution is -0.140. The average Bonchev–Trinajstić information content (AvgIpc) is 2.28. The maximum absolute atomic E-state index is 11.3. The molecular formula is C12H11NO3. The average molecular weight is 217 g/mol. The van der Waals surface area contributed by atoms with Crippen LogP contribution in [-0.2, 0) is 16.1 Å². The van der Waals surface area contributed by atoms with Crippen LogP contribution in [0.25, 0.3) is 0 Å². The Morgan fingerprint density at radius 3 is 2.56 bits per heavy atom. The third-order valence-corrected chi connectivity index (χ3v) is 1.89. The molecule has 0 fully saturated rings. The normalized spacial score (nSPS) is 11.2. The van der Waals surface area contributed by atoms with E-state index in [4.69, 9.17) is 15.1 Å². The predicted octanol–water partition coefficient (Wildman–Crippen LogP) is 2.09. The summed E-state index contributed by atoms with van der Waals surface area (Å²) in [6.07, 6.45) is 0. The van der Waals surface area contributed by atoms with Crippen LogP contribution in [0.5, 0.6) is 0 Å². The number of nitriles is 1. The second-order valence-electron chi connectivity index (χ2n) is 3.13. The number of hydrogen-bond acceptors (Lipinski definition) is 4. The van der Waals surface area contributed by atoms with Gasteiger partial charge in [-0.1, -0.05) is 30.3 Å². The standard InChI is InChI=1S/C12H11NO3/c1-9(14)11(7-13)12(15)16-8-10-5-3-2-4-6-10/h2-6,14H,8H2,1H3/b11-9-. The molecular weight excluding hydrogens is 206 g/mol. The molecule has 0 aliphatic carbocycles. The number of rotatable bonds is 3. The van der Waals surface area contributed by atoms with E-state index in [0.717, 1.165) is 5.56 Å². The quantitative estimate of drug-likeness (QED) is 0.364. The molecule has 0 saturated carbocycles. The molecule has 0 unspecified atom stereocenters. The van der Waals surface area contributed by atoms with E-state index in [1.54, 1.807) is 18.2 Å². The maximum Gasteiger partial charge on any atom is 0.352 e. The van der Waals surface area contributed by atoms with Crippen LogP contribution in [0.1, 0.15) is 12.5 Å². The van der Waals surface area contributed by atoms with Gasteiger partial charge in [-0.15, -0.1) is 0 Å². The van der Waals surface area contributed by atoms with Gasteiger partial charge in [0.05, 0.1) is 0 Å². The van der Waals surface area contributed by atoms with Crippen molar-refractivity contribution in [3.05, 3.63) is 47.2 Å². The van der Waals surface area contributed by atoms with Crippen molar-refractivity contribution in [2.24, 2.45) is 0 Å². The summed E-state index contributed by atoms with van der Waals surface area (Å²) in [6, 6.07) is 10.7. The van der Waals surface area contributed by atoms with Crippen molar-refractivity contribution >= 4 is 5.97 Å². The smallest absolute Gasteiger partial charge is 0.352 e. The first-order chi connectivity index (χ1) is 7.65. The first-order valence-electron chi connectivity index (χ1n) is 4.66.